The summed E-state index contributed by atoms with van der Waals surface area (Å²) in [5, 5.41) is 9.54. The van der Waals surface area contributed by atoms with Gasteiger partial charge in [0.05, 0.1) is 12.3 Å². The van der Waals surface area contributed by atoms with Gasteiger partial charge in [0.1, 0.15) is 12.4 Å². The van der Waals surface area contributed by atoms with E-state index in [0.717, 1.165) is 11.4 Å². The predicted octanol–water partition coefficient (Wildman–Crippen LogP) is 3.01. The van der Waals surface area contributed by atoms with Crippen LogP contribution in [-0.4, -0.2) is 51.4 Å². The highest BCUT2D eigenvalue weighted by Crippen LogP contribution is 2.17. The molecule has 0 unspecified atom stereocenters. The van der Waals surface area contributed by atoms with Gasteiger partial charge in [-0.2, -0.15) is 0 Å². The first-order chi connectivity index (χ1) is 12.1. The van der Waals surface area contributed by atoms with Gasteiger partial charge in [0.25, 0.3) is 0 Å². The molecular weight excluding hydrogens is 360 g/mol. The molecule has 3 rings (SSSR count). The Morgan fingerprint density at radius 2 is 2.04 bits per heavy atom. The fourth-order valence-corrected chi connectivity index (χ4v) is 3.10. The maximum atomic E-state index is 12.2. The molecule has 0 fully saturated rings. The van der Waals surface area contributed by atoms with Crippen LogP contribution >= 0.6 is 23.4 Å². The lowest BCUT2D eigenvalue weighted by Crippen LogP contribution is -2.32. The molecular formula is C17H17ClN4O2S. The van der Waals surface area contributed by atoms with Crippen molar-refractivity contribution in [2.75, 3.05) is 26.0 Å². The molecule has 0 saturated carbocycles. The molecule has 2 aromatic heterocycles. The maximum Gasteiger partial charge on any atom is 0.232 e. The Morgan fingerprint density at radius 3 is 2.84 bits per heavy atom. The number of carbonyl (C=O) groups excluding carboxylic acids is 1. The molecule has 1 amide bonds. The van der Waals surface area contributed by atoms with E-state index in [1.807, 2.05) is 28.8 Å². The Bertz CT molecular complexity index is 853. The van der Waals surface area contributed by atoms with Crippen LogP contribution in [0.25, 0.3) is 5.65 Å². The van der Waals surface area contributed by atoms with E-state index in [1.54, 1.807) is 36.2 Å². The minimum absolute atomic E-state index is 0.0115. The van der Waals surface area contributed by atoms with Crippen LogP contribution in [0.4, 0.5) is 0 Å². The van der Waals surface area contributed by atoms with Gasteiger partial charge in [-0.1, -0.05) is 29.4 Å². The van der Waals surface area contributed by atoms with Crippen molar-refractivity contribution in [1.29, 1.82) is 0 Å². The zero-order valence-electron chi connectivity index (χ0n) is 13.6. The van der Waals surface area contributed by atoms with E-state index in [9.17, 15) is 4.79 Å². The third-order valence-electron chi connectivity index (χ3n) is 3.54. The molecule has 0 aliphatic carbocycles. The average molecular weight is 377 g/mol. The Hall–Kier alpha value is -2.25. The summed E-state index contributed by atoms with van der Waals surface area (Å²) in [5.41, 5.74) is 0.766. The molecule has 25 heavy (non-hydrogen) atoms. The molecule has 2 heterocycles. The fourth-order valence-electron chi connectivity index (χ4n) is 2.11. The number of ether oxygens (including phenoxy) is 1. The molecule has 3 aromatic rings. The molecule has 0 N–H and O–H groups in total. The summed E-state index contributed by atoms with van der Waals surface area (Å²) in [4.78, 5) is 13.9. The second kappa shape index (κ2) is 8.22. The zero-order chi connectivity index (χ0) is 17.6. The van der Waals surface area contributed by atoms with E-state index in [0.29, 0.717) is 29.1 Å². The van der Waals surface area contributed by atoms with E-state index >= 15 is 0 Å². The quantitative estimate of drug-likeness (QED) is 0.593. The molecule has 8 heteroatoms. The van der Waals surface area contributed by atoms with Crippen LogP contribution in [-0.2, 0) is 4.79 Å². The second-order valence-electron chi connectivity index (χ2n) is 5.32. The Morgan fingerprint density at radius 1 is 1.24 bits per heavy atom. The van der Waals surface area contributed by atoms with Gasteiger partial charge < -0.3 is 9.64 Å². The maximum absolute atomic E-state index is 12.2. The molecule has 0 radical (unpaired) electrons. The van der Waals surface area contributed by atoms with Crippen LogP contribution in [0.2, 0.25) is 5.02 Å². The number of carbonyl (C=O) groups is 1. The number of aromatic nitrogens is 3. The normalized spacial score (nSPS) is 10.8. The van der Waals surface area contributed by atoms with Gasteiger partial charge in [0.2, 0.25) is 5.91 Å². The van der Waals surface area contributed by atoms with Gasteiger partial charge in [-0.3, -0.25) is 9.20 Å². The lowest BCUT2D eigenvalue weighted by molar-refractivity contribution is -0.127. The zero-order valence-corrected chi connectivity index (χ0v) is 15.2. The number of halogens is 1. The standard InChI is InChI=1S/C17H17ClN4O2S/c1-21(10-11-24-14-7-5-13(18)6-8-14)16(23)12-25-17-20-19-15-4-2-3-9-22(15)17/h2-9H,10-12H2,1H3. The SMILES string of the molecule is CN(CCOc1ccc(Cl)cc1)C(=O)CSc1nnc2ccccn12. The number of amides is 1. The number of thioether (sulfide) groups is 1. The van der Waals surface area contributed by atoms with Gasteiger partial charge in [-0.05, 0) is 36.4 Å². The summed E-state index contributed by atoms with van der Waals surface area (Å²) in [6.45, 7) is 0.922. The Balaban J connectivity index is 1.45. The van der Waals surface area contributed by atoms with Crippen LogP contribution in [0, 0.1) is 0 Å². The first-order valence-electron chi connectivity index (χ1n) is 7.68. The van der Waals surface area contributed by atoms with Crippen LogP contribution in [0.3, 0.4) is 0 Å². The molecule has 0 bridgehead atoms. The number of pyridine rings is 1. The number of likely N-dealkylation sites (N-methyl/N-ethyl adjacent to an activating group) is 1. The lowest BCUT2D eigenvalue weighted by atomic mass is 10.3. The van der Waals surface area contributed by atoms with Crippen LogP contribution in [0.1, 0.15) is 0 Å². The average Bonchev–Trinajstić information content (AvgIpc) is 3.04. The van der Waals surface area contributed by atoms with Crippen LogP contribution < -0.4 is 4.74 Å². The molecule has 130 valence electrons. The van der Waals surface area contributed by atoms with Crippen molar-refractivity contribution in [3.63, 3.8) is 0 Å². The van der Waals surface area contributed by atoms with Crippen LogP contribution in [0.5, 0.6) is 5.75 Å². The number of rotatable bonds is 7. The predicted molar refractivity (Wildman–Crippen MR) is 98.3 cm³/mol. The van der Waals surface area contributed by atoms with Crippen molar-refractivity contribution in [2.45, 2.75) is 5.16 Å². The first-order valence-corrected chi connectivity index (χ1v) is 9.05. The largest absolute Gasteiger partial charge is 0.492 e. The first kappa shape index (κ1) is 17.6. The van der Waals surface area contributed by atoms with Gasteiger partial charge in [-0.15, -0.1) is 10.2 Å². The third kappa shape index (κ3) is 4.64. The fraction of sp³-hybridized carbons (Fsp3) is 0.235. The lowest BCUT2D eigenvalue weighted by Gasteiger charge is -2.17. The Labute approximate surface area is 154 Å². The summed E-state index contributed by atoms with van der Waals surface area (Å²) in [7, 11) is 1.76. The highest BCUT2D eigenvalue weighted by atomic mass is 35.5. The van der Waals surface area contributed by atoms with E-state index in [1.165, 1.54) is 11.8 Å². The van der Waals surface area contributed by atoms with Crippen molar-refractivity contribution < 1.29 is 9.53 Å². The van der Waals surface area contributed by atoms with Gasteiger partial charge in [-0.25, -0.2) is 0 Å². The number of hydrogen-bond acceptors (Lipinski definition) is 5. The molecule has 6 nitrogen and oxygen atoms in total. The van der Waals surface area contributed by atoms with Gasteiger partial charge >= 0.3 is 0 Å². The summed E-state index contributed by atoms with van der Waals surface area (Å²) >= 11 is 7.20. The second-order valence-corrected chi connectivity index (χ2v) is 6.70. The third-order valence-corrected chi connectivity index (χ3v) is 4.72. The number of nitrogens with zero attached hydrogens (tertiary/aromatic N) is 4. The van der Waals surface area contributed by atoms with E-state index in [-0.39, 0.29) is 5.91 Å². The molecule has 0 saturated heterocycles. The van der Waals surface area contributed by atoms with E-state index in [4.69, 9.17) is 16.3 Å². The van der Waals surface area contributed by atoms with E-state index < -0.39 is 0 Å². The van der Waals surface area contributed by atoms with Crippen molar-refractivity contribution >= 4 is 34.9 Å². The molecule has 0 spiro atoms. The summed E-state index contributed by atoms with van der Waals surface area (Å²) in [5.74, 6) is 1.04. The Kier molecular flexibility index (Phi) is 5.78. The topological polar surface area (TPSA) is 59.7 Å². The highest BCUT2D eigenvalue weighted by Gasteiger charge is 2.12. The van der Waals surface area contributed by atoms with Crippen LogP contribution in [0.15, 0.2) is 53.8 Å². The van der Waals surface area contributed by atoms with E-state index in [2.05, 4.69) is 10.2 Å². The molecule has 0 aliphatic heterocycles. The minimum Gasteiger partial charge on any atom is -0.492 e. The van der Waals surface area contributed by atoms with Crippen molar-refractivity contribution in [3.8, 4) is 5.75 Å². The smallest absolute Gasteiger partial charge is 0.232 e. The molecule has 0 aliphatic rings. The summed E-state index contributed by atoms with van der Waals surface area (Å²) in [6, 6.07) is 12.8. The summed E-state index contributed by atoms with van der Waals surface area (Å²) in [6.07, 6.45) is 1.88. The minimum atomic E-state index is 0.0115. The number of fused-ring (bicyclic) bond motifs is 1. The number of hydrogen-bond donors (Lipinski definition) is 0. The van der Waals surface area contributed by atoms with Crippen molar-refractivity contribution in [2.24, 2.45) is 0 Å². The van der Waals surface area contributed by atoms with Crippen molar-refractivity contribution in [1.82, 2.24) is 19.5 Å². The molecule has 0 atom stereocenters. The molecule has 1 aromatic carbocycles. The summed E-state index contributed by atoms with van der Waals surface area (Å²) < 4.78 is 7.47. The highest BCUT2D eigenvalue weighted by molar-refractivity contribution is 7.99. The van der Waals surface area contributed by atoms with Crippen molar-refractivity contribution in [3.05, 3.63) is 53.7 Å². The van der Waals surface area contributed by atoms with Gasteiger partial charge in [0, 0.05) is 18.3 Å². The number of benzene rings is 1. The van der Waals surface area contributed by atoms with Gasteiger partial charge in [0.15, 0.2) is 10.8 Å². The monoisotopic (exact) mass is 376 g/mol.